The van der Waals surface area contributed by atoms with Crippen molar-refractivity contribution in [2.45, 2.75) is 37.9 Å². The molecule has 0 bridgehead atoms. The zero-order chi connectivity index (χ0) is 10.8. The van der Waals surface area contributed by atoms with Crippen molar-refractivity contribution in [2.75, 3.05) is 0 Å². The number of benzene rings is 1. The van der Waals surface area contributed by atoms with Crippen molar-refractivity contribution in [1.29, 1.82) is 0 Å². The SMILES string of the molecule is C[C@H]1C[C@@H](N)C[C@@H](c2ccc(F)cc2)N1. The Morgan fingerprint density at radius 1 is 1.27 bits per heavy atom. The maximum absolute atomic E-state index is 12.8. The molecular formula is C12H17FN2. The monoisotopic (exact) mass is 208 g/mol. The molecule has 2 nitrogen and oxygen atoms in total. The summed E-state index contributed by atoms with van der Waals surface area (Å²) < 4.78 is 12.8. The Kier molecular flexibility index (Phi) is 3.03. The fourth-order valence-electron chi connectivity index (χ4n) is 2.26. The van der Waals surface area contributed by atoms with Gasteiger partial charge < -0.3 is 11.1 Å². The molecule has 0 radical (unpaired) electrons. The van der Waals surface area contributed by atoms with Gasteiger partial charge >= 0.3 is 0 Å². The molecule has 0 aliphatic carbocycles. The molecule has 3 N–H and O–H groups in total. The fraction of sp³-hybridized carbons (Fsp3) is 0.500. The molecule has 1 aliphatic rings. The van der Waals surface area contributed by atoms with E-state index in [9.17, 15) is 4.39 Å². The quantitative estimate of drug-likeness (QED) is 0.740. The van der Waals surface area contributed by atoms with Gasteiger partial charge in [-0.15, -0.1) is 0 Å². The lowest BCUT2D eigenvalue weighted by molar-refractivity contribution is 0.307. The molecule has 0 spiro atoms. The van der Waals surface area contributed by atoms with Gasteiger partial charge in [-0.2, -0.15) is 0 Å². The number of nitrogens with one attached hydrogen (secondary N) is 1. The van der Waals surface area contributed by atoms with Crippen LogP contribution in [0.5, 0.6) is 0 Å². The molecule has 15 heavy (non-hydrogen) atoms. The van der Waals surface area contributed by atoms with Crippen molar-refractivity contribution in [3.05, 3.63) is 35.6 Å². The molecule has 3 atom stereocenters. The molecule has 0 aromatic heterocycles. The standard InChI is InChI=1S/C12H17FN2/c1-8-6-11(14)7-12(15-8)9-2-4-10(13)5-3-9/h2-5,8,11-12,15H,6-7,14H2,1H3/t8-,11+,12-/m0/s1. The molecule has 2 rings (SSSR count). The van der Waals surface area contributed by atoms with Crippen molar-refractivity contribution >= 4 is 0 Å². The van der Waals surface area contributed by atoms with Gasteiger partial charge in [-0.05, 0) is 37.5 Å². The number of halogens is 1. The highest BCUT2D eigenvalue weighted by atomic mass is 19.1. The maximum atomic E-state index is 12.8. The van der Waals surface area contributed by atoms with Gasteiger partial charge in [0.05, 0.1) is 0 Å². The van der Waals surface area contributed by atoms with Crippen molar-refractivity contribution in [1.82, 2.24) is 5.32 Å². The van der Waals surface area contributed by atoms with E-state index in [4.69, 9.17) is 5.73 Å². The second kappa shape index (κ2) is 4.29. The largest absolute Gasteiger partial charge is 0.328 e. The minimum atomic E-state index is -0.188. The summed E-state index contributed by atoms with van der Waals surface area (Å²) in [4.78, 5) is 0. The molecule has 1 aliphatic heterocycles. The van der Waals surface area contributed by atoms with Crippen LogP contribution in [0.2, 0.25) is 0 Å². The van der Waals surface area contributed by atoms with Crippen LogP contribution in [-0.4, -0.2) is 12.1 Å². The smallest absolute Gasteiger partial charge is 0.123 e. The van der Waals surface area contributed by atoms with Gasteiger partial charge in [0.25, 0.3) is 0 Å². The third-order valence-corrected chi connectivity index (χ3v) is 2.95. The van der Waals surface area contributed by atoms with E-state index in [-0.39, 0.29) is 17.9 Å². The molecule has 0 saturated carbocycles. The molecule has 1 heterocycles. The number of rotatable bonds is 1. The highest BCUT2D eigenvalue weighted by molar-refractivity contribution is 5.21. The molecule has 82 valence electrons. The third-order valence-electron chi connectivity index (χ3n) is 2.95. The van der Waals surface area contributed by atoms with Crippen LogP contribution in [-0.2, 0) is 0 Å². The summed E-state index contributed by atoms with van der Waals surface area (Å²) in [6.45, 7) is 2.13. The van der Waals surface area contributed by atoms with Crippen molar-refractivity contribution < 1.29 is 4.39 Å². The molecule has 1 fully saturated rings. The van der Waals surface area contributed by atoms with Crippen LogP contribution in [0, 0.1) is 5.82 Å². The van der Waals surface area contributed by atoms with Crippen molar-refractivity contribution in [3.63, 3.8) is 0 Å². The molecule has 0 unspecified atom stereocenters. The van der Waals surface area contributed by atoms with E-state index in [1.807, 2.05) is 12.1 Å². The van der Waals surface area contributed by atoms with Gasteiger partial charge in [-0.25, -0.2) is 4.39 Å². The van der Waals surface area contributed by atoms with Crippen molar-refractivity contribution in [2.24, 2.45) is 5.73 Å². The topological polar surface area (TPSA) is 38.0 Å². The van der Waals surface area contributed by atoms with E-state index in [0.29, 0.717) is 6.04 Å². The highest BCUT2D eigenvalue weighted by Crippen LogP contribution is 2.24. The average Bonchev–Trinajstić information content (AvgIpc) is 2.17. The number of nitrogens with two attached hydrogens (primary N) is 1. The molecule has 1 saturated heterocycles. The zero-order valence-corrected chi connectivity index (χ0v) is 8.91. The van der Waals surface area contributed by atoms with E-state index in [2.05, 4.69) is 12.2 Å². The summed E-state index contributed by atoms with van der Waals surface area (Å²) in [6, 6.07) is 7.61. The van der Waals surface area contributed by atoms with Gasteiger partial charge in [0.2, 0.25) is 0 Å². The van der Waals surface area contributed by atoms with Gasteiger partial charge in [-0.3, -0.25) is 0 Å². The zero-order valence-electron chi connectivity index (χ0n) is 8.91. The van der Waals surface area contributed by atoms with Gasteiger partial charge in [-0.1, -0.05) is 12.1 Å². The first-order valence-corrected chi connectivity index (χ1v) is 5.42. The van der Waals surface area contributed by atoms with E-state index in [1.165, 1.54) is 12.1 Å². The Morgan fingerprint density at radius 3 is 2.53 bits per heavy atom. The van der Waals surface area contributed by atoms with E-state index in [0.717, 1.165) is 18.4 Å². The minimum Gasteiger partial charge on any atom is -0.328 e. The van der Waals surface area contributed by atoms with Gasteiger partial charge in [0.15, 0.2) is 0 Å². The summed E-state index contributed by atoms with van der Waals surface area (Å²) in [7, 11) is 0. The summed E-state index contributed by atoms with van der Waals surface area (Å²) >= 11 is 0. The summed E-state index contributed by atoms with van der Waals surface area (Å²) in [5.74, 6) is -0.188. The van der Waals surface area contributed by atoms with Crippen LogP contribution in [0.15, 0.2) is 24.3 Å². The van der Waals surface area contributed by atoms with Crippen LogP contribution in [0.4, 0.5) is 4.39 Å². The maximum Gasteiger partial charge on any atom is 0.123 e. The van der Waals surface area contributed by atoms with Crippen LogP contribution in [0.1, 0.15) is 31.4 Å². The predicted molar refractivity (Wildman–Crippen MR) is 58.9 cm³/mol. The first-order valence-electron chi connectivity index (χ1n) is 5.42. The number of hydrogen-bond donors (Lipinski definition) is 2. The first-order chi connectivity index (χ1) is 7.15. The van der Waals surface area contributed by atoms with Crippen LogP contribution in [0.25, 0.3) is 0 Å². The first kappa shape index (κ1) is 10.6. The minimum absolute atomic E-state index is 0.188. The highest BCUT2D eigenvalue weighted by Gasteiger charge is 2.24. The average molecular weight is 208 g/mol. The predicted octanol–water partition coefficient (Wildman–Crippen LogP) is 1.97. The van der Waals surface area contributed by atoms with Crippen molar-refractivity contribution in [3.8, 4) is 0 Å². The summed E-state index contributed by atoms with van der Waals surface area (Å²) in [5.41, 5.74) is 7.09. The fourth-order valence-corrected chi connectivity index (χ4v) is 2.26. The third kappa shape index (κ3) is 2.55. The van der Waals surface area contributed by atoms with E-state index < -0.39 is 0 Å². The summed E-state index contributed by atoms with van der Waals surface area (Å²) in [6.07, 6.45) is 1.94. The Morgan fingerprint density at radius 2 is 1.93 bits per heavy atom. The lowest BCUT2D eigenvalue weighted by Gasteiger charge is -2.33. The Bertz CT molecular complexity index is 313. The van der Waals surface area contributed by atoms with E-state index >= 15 is 0 Å². The molecular weight excluding hydrogens is 191 g/mol. The number of hydrogen-bond acceptors (Lipinski definition) is 2. The van der Waals surface area contributed by atoms with Gasteiger partial charge in [0.1, 0.15) is 5.82 Å². The lowest BCUT2D eigenvalue weighted by atomic mass is 9.91. The Labute approximate surface area is 89.7 Å². The Balaban J connectivity index is 2.12. The normalized spacial score (nSPS) is 31.5. The second-order valence-corrected chi connectivity index (χ2v) is 4.40. The second-order valence-electron chi connectivity index (χ2n) is 4.40. The molecule has 1 aromatic carbocycles. The summed E-state index contributed by atoms with van der Waals surface area (Å²) in [5, 5.41) is 3.48. The van der Waals surface area contributed by atoms with E-state index in [1.54, 1.807) is 0 Å². The van der Waals surface area contributed by atoms with Crippen LogP contribution >= 0.6 is 0 Å². The van der Waals surface area contributed by atoms with Gasteiger partial charge in [0, 0.05) is 18.1 Å². The number of piperidine rings is 1. The lowest BCUT2D eigenvalue weighted by Crippen LogP contribution is -2.44. The molecule has 0 amide bonds. The van der Waals surface area contributed by atoms with Crippen LogP contribution in [0.3, 0.4) is 0 Å². The Hall–Kier alpha value is -0.930. The molecule has 3 heteroatoms. The molecule has 1 aromatic rings. The van der Waals surface area contributed by atoms with Crippen LogP contribution < -0.4 is 11.1 Å².